The summed E-state index contributed by atoms with van der Waals surface area (Å²) in [5, 5.41) is 0. The highest BCUT2D eigenvalue weighted by Gasteiger charge is 2.46. The van der Waals surface area contributed by atoms with Crippen molar-refractivity contribution in [3.05, 3.63) is 49.6 Å². The highest BCUT2D eigenvalue weighted by Crippen LogP contribution is 2.32. The number of esters is 3. The van der Waals surface area contributed by atoms with Crippen molar-refractivity contribution in [3.63, 3.8) is 0 Å². The van der Waals surface area contributed by atoms with Gasteiger partial charge in [-0.2, -0.15) is 0 Å². The van der Waals surface area contributed by atoms with Crippen molar-refractivity contribution in [2.45, 2.75) is 50.4 Å². The van der Waals surface area contributed by atoms with Crippen molar-refractivity contribution >= 4 is 23.7 Å². The number of carbonyl (C=O) groups excluding carboxylic acids is 4. The summed E-state index contributed by atoms with van der Waals surface area (Å²) < 4.78 is 122. The van der Waals surface area contributed by atoms with Crippen LogP contribution in [-0.2, 0) is 38.1 Å². The molecular formula is C25H30F8O8. The molecule has 0 atom stereocenters. The Kier molecular flexibility index (Phi) is 16.7. The smallest absolute Gasteiger partial charge is 0.333 e. The van der Waals surface area contributed by atoms with Gasteiger partial charge in [0.2, 0.25) is 0 Å². The highest BCUT2D eigenvalue weighted by molar-refractivity contribution is 5.95. The Morgan fingerprint density at radius 3 is 1.27 bits per heavy atom. The van der Waals surface area contributed by atoms with E-state index in [1.165, 1.54) is 13.8 Å². The van der Waals surface area contributed by atoms with E-state index in [1.807, 2.05) is 0 Å². The van der Waals surface area contributed by atoms with Crippen molar-refractivity contribution in [2.75, 3.05) is 33.0 Å². The van der Waals surface area contributed by atoms with E-state index in [4.69, 9.17) is 0 Å². The van der Waals surface area contributed by atoms with Gasteiger partial charge in [0.05, 0.1) is 12.8 Å². The van der Waals surface area contributed by atoms with E-state index < -0.39 is 93.3 Å². The van der Waals surface area contributed by atoms with Gasteiger partial charge < -0.3 is 18.9 Å². The normalized spacial score (nSPS) is 11.8. The molecule has 0 spiro atoms. The number of Topliss-reactive ketones (excluding diaryl/α,β-unsaturated/α-hetero) is 1. The molecule has 8 nitrogen and oxygen atoms in total. The van der Waals surface area contributed by atoms with Crippen LogP contribution in [0.3, 0.4) is 0 Å². The molecule has 0 rings (SSSR count). The molecular weight excluding hydrogens is 580 g/mol. The summed E-state index contributed by atoms with van der Waals surface area (Å²) in [6.07, 6.45) is -2.54. The number of hydrogen-bond acceptors (Lipinski definition) is 8. The number of halogens is 8. The van der Waals surface area contributed by atoms with Gasteiger partial charge in [-0.25, -0.2) is 49.5 Å². The van der Waals surface area contributed by atoms with Gasteiger partial charge in [-0.3, -0.25) is 4.79 Å². The topological polar surface area (TPSA) is 105 Å². The van der Waals surface area contributed by atoms with Crippen LogP contribution in [0.1, 0.15) is 26.7 Å². The standard InChI is InChI=1S/C14H18F4O4.C11H12F4O4/c1-9(2)11(19)5-21-7-13(15,16)6-14(17,18)8-22-12(20)10(3)4;1-3-8(16)18-6-10(12,13)5-11(14,15)7-19-9(17)4-2/h1,3,5-8H2,2,4H3;3-4H,1-2,5-7H2. The molecule has 0 bridgehead atoms. The second-order valence-electron chi connectivity index (χ2n) is 8.45. The molecule has 0 saturated heterocycles. The van der Waals surface area contributed by atoms with Gasteiger partial charge in [0.25, 0.3) is 23.7 Å². The molecule has 0 aliphatic rings. The third-order valence-corrected chi connectivity index (χ3v) is 4.00. The minimum atomic E-state index is -3.96. The maximum atomic E-state index is 13.4. The molecule has 0 heterocycles. The van der Waals surface area contributed by atoms with Gasteiger partial charge in [-0.1, -0.05) is 26.3 Å². The first kappa shape index (κ1) is 39.6. The molecule has 0 N–H and O–H groups in total. The molecule has 0 aliphatic carbocycles. The maximum absolute atomic E-state index is 13.4. The van der Waals surface area contributed by atoms with Gasteiger partial charge in [0, 0.05) is 17.7 Å². The van der Waals surface area contributed by atoms with Gasteiger partial charge >= 0.3 is 17.9 Å². The zero-order chi connectivity index (χ0) is 32.7. The minimum absolute atomic E-state index is 0.111. The Hall–Kier alpha value is -3.56. The van der Waals surface area contributed by atoms with Crippen molar-refractivity contribution in [3.8, 4) is 0 Å². The van der Waals surface area contributed by atoms with E-state index in [2.05, 4.69) is 45.3 Å². The van der Waals surface area contributed by atoms with E-state index in [0.717, 1.165) is 0 Å². The molecule has 0 aliphatic heterocycles. The fourth-order valence-corrected chi connectivity index (χ4v) is 2.14. The van der Waals surface area contributed by atoms with Gasteiger partial charge in [0.15, 0.2) is 25.6 Å². The lowest BCUT2D eigenvalue weighted by atomic mass is 10.1. The number of carbonyl (C=O) groups is 4. The third kappa shape index (κ3) is 20.9. The Balaban J connectivity index is 0. The lowest BCUT2D eigenvalue weighted by Crippen LogP contribution is -2.37. The first-order valence-corrected chi connectivity index (χ1v) is 11.2. The molecule has 0 amide bonds. The molecule has 0 radical (unpaired) electrons. The van der Waals surface area contributed by atoms with Crippen molar-refractivity contribution in [2.24, 2.45) is 0 Å². The van der Waals surface area contributed by atoms with E-state index in [-0.39, 0.29) is 11.1 Å². The molecule has 234 valence electrons. The number of ether oxygens (including phenoxy) is 4. The van der Waals surface area contributed by atoms with E-state index in [0.29, 0.717) is 12.2 Å². The summed E-state index contributed by atoms with van der Waals surface area (Å²) in [4.78, 5) is 43.1. The largest absolute Gasteiger partial charge is 0.456 e. The molecule has 16 heteroatoms. The van der Waals surface area contributed by atoms with Gasteiger partial charge in [-0.05, 0) is 19.4 Å². The van der Waals surface area contributed by atoms with Gasteiger partial charge in [0.1, 0.15) is 13.2 Å². The van der Waals surface area contributed by atoms with Crippen LogP contribution in [0.15, 0.2) is 49.6 Å². The quantitative estimate of drug-likeness (QED) is 0.0921. The van der Waals surface area contributed by atoms with E-state index in [9.17, 15) is 54.3 Å². The first-order valence-electron chi connectivity index (χ1n) is 11.2. The average molecular weight is 610 g/mol. The summed E-state index contributed by atoms with van der Waals surface area (Å²) in [6, 6.07) is 0. The zero-order valence-corrected chi connectivity index (χ0v) is 22.2. The second kappa shape index (κ2) is 17.3. The number of hydrogen-bond donors (Lipinski definition) is 0. The molecule has 0 aromatic carbocycles. The van der Waals surface area contributed by atoms with E-state index in [1.54, 1.807) is 0 Å². The van der Waals surface area contributed by atoms with Crippen LogP contribution >= 0.6 is 0 Å². The SMILES string of the molecule is C=C(C)C(=O)COCC(F)(F)CC(F)(F)COC(=O)C(=C)C.C=CC(=O)OCC(F)(F)CC(F)(F)COC(=O)C=C. The highest BCUT2D eigenvalue weighted by atomic mass is 19.3. The van der Waals surface area contributed by atoms with Crippen LogP contribution in [0, 0.1) is 0 Å². The van der Waals surface area contributed by atoms with Crippen molar-refractivity contribution in [1.29, 1.82) is 0 Å². The summed E-state index contributed by atoms with van der Waals surface area (Å²) in [6.45, 7) is 8.47. The summed E-state index contributed by atoms with van der Waals surface area (Å²) >= 11 is 0. The second-order valence-corrected chi connectivity index (χ2v) is 8.45. The monoisotopic (exact) mass is 610 g/mol. The minimum Gasteiger partial charge on any atom is -0.456 e. The molecule has 0 aromatic rings. The Labute approximate surface area is 230 Å². The Morgan fingerprint density at radius 1 is 0.610 bits per heavy atom. The predicted molar refractivity (Wildman–Crippen MR) is 128 cm³/mol. The predicted octanol–water partition coefficient (Wildman–Crippen LogP) is 5.03. The van der Waals surface area contributed by atoms with Crippen LogP contribution in [0.4, 0.5) is 35.1 Å². The summed E-state index contributed by atoms with van der Waals surface area (Å²) in [7, 11) is 0. The summed E-state index contributed by atoms with van der Waals surface area (Å²) in [5.41, 5.74) is -0.00967. The van der Waals surface area contributed by atoms with Crippen LogP contribution < -0.4 is 0 Å². The van der Waals surface area contributed by atoms with Crippen LogP contribution in [-0.4, -0.2) is 80.4 Å². The maximum Gasteiger partial charge on any atom is 0.333 e. The first-order chi connectivity index (χ1) is 18.5. The molecule has 0 aromatic heterocycles. The lowest BCUT2D eigenvalue weighted by molar-refractivity contribution is -0.177. The molecule has 0 saturated carbocycles. The molecule has 0 fully saturated rings. The molecule has 0 unspecified atom stereocenters. The van der Waals surface area contributed by atoms with E-state index >= 15 is 0 Å². The number of alkyl halides is 8. The Bertz CT molecular complexity index is 943. The van der Waals surface area contributed by atoms with Crippen molar-refractivity contribution < 1.29 is 73.2 Å². The van der Waals surface area contributed by atoms with Gasteiger partial charge in [-0.15, -0.1) is 0 Å². The van der Waals surface area contributed by atoms with Crippen LogP contribution in [0.25, 0.3) is 0 Å². The van der Waals surface area contributed by atoms with Crippen LogP contribution in [0.5, 0.6) is 0 Å². The van der Waals surface area contributed by atoms with Crippen LogP contribution in [0.2, 0.25) is 0 Å². The average Bonchev–Trinajstić information content (AvgIpc) is 2.83. The third-order valence-electron chi connectivity index (χ3n) is 4.00. The van der Waals surface area contributed by atoms with Crippen molar-refractivity contribution in [1.82, 2.24) is 0 Å². The number of rotatable bonds is 18. The molecule has 41 heavy (non-hydrogen) atoms. The zero-order valence-electron chi connectivity index (χ0n) is 22.2. The fourth-order valence-electron chi connectivity index (χ4n) is 2.14. The summed E-state index contributed by atoms with van der Waals surface area (Å²) in [5.74, 6) is -19.7. The lowest BCUT2D eigenvalue weighted by Gasteiger charge is -2.22. The Morgan fingerprint density at radius 2 is 0.951 bits per heavy atom. The fraction of sp³-hybridized carbons (Fsp3) is 0.520. The number of ketones is 1.